The molecule has 2 aromatic carbocycles. The molecule has 3 atom stereocenters. The molecule has 2 heterocycles. The van der Waals surface area contributed by atoms with Crippen LogP contribution < -0.4 is 10.9 Å². The standard InChI is InChI=1S/C25H29N3O2/c29-23(28-14-13-18-5-1-2-6-20(18)16-28)15-17-9-11-19(12-10-17)24-21-7-3-4-8-22(21)25(30)27-26-24/h1-2,5-6,9-12,21-22,24,26H,3-4,7-8,13-16H2,(H,27,30). The largest absolute Gasteiger partial charge is 0.338 e. The molecule has 0 bridgehead atoms. The van der Waals surface area contributed by atoms with Crippen molar-refractivity contribution in [2.45, 2.75) is 51.1 Å². The van der Waals surface area contributed by atoms with E-state index in [1.165, 1.54) is 23.1 Å². The van der Waals surface area contributed by atoms with E-state index in [1.54, 1.807) is 0 Å². The molecule has 0 radical (unpaired) electrons. The molecule has 5 nitrogen and oxygen atoms in total. The Balaban J connectivity index is 1.24. The summed E-state index contributed by atoms with van der Waals surface area (Å²) in [4.78, 5) is 27.0. The molecule has 2 amide bonds. The third kappa shape index (κ3) is 3.74. The van der Waals surface area contributed by atoms with Crippen molar-refractivity contribution in [3.05, 3.63) is 70.8 Å². The van der Waals surface area contributed by atoms with Crippen LogP contribution in [0.4, 0.5) is 0 Å². The van der Waals surface area contributed by atoms with Crippen LogP contribution in [0.2, 0.25) is 0 Å². The van der Waals surface area contributed by atoms with Gasteiger partial charge in [0.05, 0.1) is 12.5 Å². The van der Waals surface area contributed by atoms with Gasteiger partial charge in [0.2, 0.25) is 11.8 Å². The monoisotopic (exact) mass is 403 g/mol. The Bertz CT molecular complexity index is 940. The zero-order valence-electron chi connectivity index (χ0n) is 17.3. The van der Waals surface area contributed by atoms with Gasteiger partial charge in [0, 0.05) is 19.0 Å². The second kappa shape index (κ2) is 8.23. The molecule has 5 heteroatoms. The Morgan fingerprint density at radius 1 is 1.00 bits per heavy atom. The fourth-order valence-corrected chi connectivity index (χ4v) is 5.40. The average molecular weight is 404 g/mol. The van der Waals surface area contributed by atoms with Gasteiger partial charge >= 0.3 is 0 Å². The summed E-state index contributed by atoms with van der Waals surface area (Å²) in [6.45, 7) is 1.50. The normalized spacial score (nSPS) is 25.8. The molecular weight excluding hydrogens is 374 g/mol. The van der Waals surface area contributed by atoms with Crippen LogP contribution in [0.15, 0.2) is 48.5 Å². The predicted molar refractivity (Wildman–Crippen MR) is 115 cm³/mol. The molecule has 5 rings (SSSR count). The Hall–Kier alpha value is -2.66. The van der Waals surface area contributed by atoms with Gasteiger partial charge in [0.25, 0.3) is 0 Å². The first-order chi connectivity index (χ1) is 14.7. The van der Waals surface area contributed by atoms with Gasteiger partial charge in [-0.05, 0) is 47.4 Å². The van der Waals surface area contributed by atoms with E-state index in [0.29, 0.717) is 18.9 Å². The van der Waals surface area contributed by atoms with E-state index in [9.17, 15) is 9.59 Å². The summed E-state index contributed by atoms with van der Waals surface area (Å²) in [5.74, 6) is 0.801. The van der Waals surface area contributed by atoms with Crippen LogP contribution in [0.25, 0.3) is 0 Å². The van der Waals surface area contributed by atoms with E-state index in [4.69, 9.17) is 0 Å². The lowest BCUT2D eigenvalue weighted by Crippen LogP contribution is -2.55. The summed E-state index contributed by atoms with van der Waals surface area (Å²) < 4.78 is 0. The highest BCUT2D eigenvalue weighted by Crippen LogP contribution is 2.40. The van der Waals surface area contributed by atoms with Crippen LogP contribution in [0.3, 0.4) is 0 Å². The van der Waals surface area contributed by atoms with Crippen molar-refractivity contribution in [3.8, 4) is 0 Å². The first kappa shape index (κ1) is 19.3. The Labute approximate surface area is 177 Å². The van der Waals surface area contributed by atoms with Gasteiger partial charge in [-0.25, -0.2) is 5.43 Å². The molecule has 1 saturated carbocycles. The second-order valence-corrected chi connectivity index (χ2v) is 8.92. The van der Waals surface area contributed by atoms with Crippen molar-refractivity contribution < 1.29 is 9.59 Å². The molecule has 30 heavy (non-hydrogen) atoms. The van der Waals surface area contributed by atoms with E-state index in [-0.39, 0.29) is 23.8 Å². The van der Waals surface area contributed by atoms with E-state index in [1.807, 2.05) is 11.0 Å². The molecule has 3 unspecified atom stereocenters. The van der Waals surface area contributed by atoms with Gasteiger partial charge in [0.15, 0.2) is 0 Å². The first-order valence-corrected chi connectivity index (χ1v) is 11.2. The van der Waals surface area contributed by atoms with Gasteiger partial charge in [-0.1, -0.05) is 61.4 Å². The first-order valence-electron chi connectivity index (χ1n) is 11.2. The van der Waals surface area contributed by atoms with Crippen molar-refractivity contribution in [2.75, 3.05) is 6.54 Å². The number of hydrogen-bond donors (Lipinski definition) is 2. The minimum atomic E-state index is 0.119. The fourth-order valence-electron chi connectivity index (χ4n) is 5.40. The van der Waals surface area contributed by atoms with Crippen LogP contribution in [-0.4, -0.2) is 23.3 Å². The molecule has 0 spiro atoms. The number of nitrogens with zero attached hydrogens (tertiary/aromatic N) is 1. The summed E-state index contributed by atoms with van der Waals surface area (Å²) in [7, 11) is 0. The van der Waals surface area contributed by atoms with Gasteiger partial charge in [-0.2, -0.15) is 0 Å². The van der Waals surface area contributed by atoms with Crippen molar-refractivity contribution in [1.29, 1.82) is 0 Å². The smallest absolute Gasteiger partial charge is 0.237 e. The molecule has 2 aliphatic heterocycles. The van der Waals surface area contributed by atoms with Gasteiger partial charge < -0.3 is 4.90 Å². The van der Waals surface area contributed by atoms with E-state index < -0.39 is 0 Å². The van der Waals surface area contributed by atoms with E-state index >= 15 is 0 Å². The number of nitrogens with one attached hydrogen (secondary N) is 2. The van der Waals surface area contributed by atoms with Crippen molar-refractivity contribution in [3.63, 3.8) is 0 Å². The highest BCUT2D eigenvalue weighted by molar-refractivity contribution is 5.80. The van der Waals surface area contributed by atoms with Crippen molar-refractivity contribution in [1.82, 2.24) is 15.8 Å². The Morgan fingerprint density at radius 3 is 2.60 bits per heavy atom. The highest BCUT2D eigenvalue weighted by Gasteiger charge is 2.40. The van der Waals surface area contributed by atoms with Gasteiger partial charge in [-0.15, -0.1) is 0 Å². The summed E-state index contributed by atoms with van der Waals surface area (Å²) in [5.41, 5.74) is 11.0. The topological polar surface area (TPSA) is 61.4 Å². The van der Waals surface area contributed by atoms with Crippen LogP contribution in [-0.2, 0) is 29.0 Å². The third-order valence-corrected chi connectivity index (χ3v) is 7.11. The van der Waals surface area contributed by atoms with E-state index in [2.05, 4.69) is 53.3 Å². The summed E-state index contributed by atoms with van der Waals surface area (Å²) >= 11 is 0. The molecule has 2 fully saturated rings. The number of amides is 2. The molecule has 0 aromatic heterocycles. The number of hydrazine groups is 1. The maximum absolute atomic E-state index is 12.9. The second-order valence-electron chi connectivity index (χ2n) is 8.92. The molecule has 1 saturated heterocycles. The zero-order valence-corrected chi connectivity index (χ0v) is 17.3. The van der Waals surface area contributed by atoms with Crippen molar-refractivity contribution >= 4 is 11.8 Å². The number of rotatable bonds is 3. The molecule has 156 valence electrons. The number of carbonyl (C=O) groups excluding carboxylic acids is 2. The van der Waals surface area contributed by atoms with Crippen LogP contribution in [0.1, 0.15) is 54.0 Å². The summed E-state index contributed by atoms with van der Waals surface area (Å²) in [5, 5.41) is 0. The number of hydrogen-bond acceptors (Lipinski definition) is 3. The third-order valence-electron chi connectivity index (χ3n) is 7.11. The quantitative estimate of drug-likeness (QED) is 0.827. The minimum Gasteiger partial charge on any atom is -0.338 e. The molecule has 1 aliphatic carbocycles. The maximum atomic E-state index is 12.9. The maximum Gasteiger partial charge on any atom is 0.237 e. The molecule has 2 aromatic rings. The lowest BCUT2D eigenvalue weighted by atomic mass is 9.72. The highest BCUT2D eigenvalue weighted by atomic mass is 16.2. The number of carbonyl (C=O) groups is 2. The molecule has 2 N–H and O–H groups in total. The predicted octanol–water partition coefficient (Wildman–Crippen LogP) is 3.30. The molecular formula is C25H29N3O2. The van der Waals surface area contributed by atoms with Crippen LogP contribution in [0, 0.1) is 11.8 Å². The SMILES string of the molecule is O=C1NNC(c2ccc(CC(=O)N3CCc4ccccc4C3)cc2)C2CCCCC12. The fraction of sp³-hybridized carbons (Fsp3) is 0.440. The van der Waals surface area contributed by atoms with Gasteiger partial charge in [0.1, 0.15) is 0 Å². The van der Waals surface area contributed by atoms with E-state index in [0.717, 1.165) is 37.8 Å². The average Bonchev–Trinajstić information content (AvgIpc) is 2.80. The Morgan fingerprint density at radius 2 is 1.77 bits per heavy atom. The lowest BCUT2D eigenvalue weighted by Gasteiger charge is -2.41. The lowest BCUT2D eigenvalue weighted by molar-refractivity contribution is -0.133. The summed E-state index contributed by atoms with van der Waals surface area (Å²) in [6, 6.07) is 16.9. The Kier molecular flexibility index (Phi) is 5.30. The zero-order chi connectivity index (χ0) is 20.5. The van der Waals surface area contributed by atoms with Crippen LogP contribution >= 0.6 is 0 Å². The number of benzene rings is 2. The molecule has 3 aliphatic rings. The van der Waals surface area contributed by atoms with Crippen molar-refractivity contribution in [2.24, 2.45) is 11.8 Å². The van der Waals surface area contributed by atoms with Crippen LogP contribution in [0.5, 0.6) is 0 Å². The minimum absolute atomic E-state index is 0.119. The summed E-state index contributed by atoms with van der Waals surface area (Å²) in [6.07, 6.45) is 5.78. The number of fused-ring (bicyclic) bond motifs is 2. The van der Waals surface area contributed by atoms with Gasteiger partial charge in [-0.3, -0.25) is 15.0 Å².